The molecule has 130 valence electrons. The number of halogens is 1. The third-order valence-electron chi connectivity index (χ3n) is 3.37. The van der Waals surface area contributed by atoms with Gasteiger partial charge in [0.2, 0.25) is 12.2 Å². The number of nitrogens with one attached hydrogen (secondary N) is 3. The lowest BCUT2D eigenvalue weighted by Gasteiger charge is -2.11. The first kappa shape index (κ1) is 18.2. The highest BCUT2D eigenvalue weighted by Crippen LogP contribution is 2.09. The van der Waals surface area contributed by atoms with Gasteiger partial charge in [0, 0.05) is 13.1 Å². The van der Waals surface area contributed by atoms with Crippen LogP contribution < -0.4 is 16.0 Å². The van der Waals surface area contributed by atoms with Crippen molar-refractivity contribution in [1.29, 1.82) is 5.26 Å². The second-order valence-corrected chi connectivity index (χ2v) is 5.25. The topological polar surface area (TPSA) is 85.1 Å². The minimum absolute atomic E-state index is 0.226. The number of alkyl halides is 1. The van der Waals surface area contributed by atoms with Crippen LogP contribution in [-0.2, 0) is 6.42 Å². The molecule has 0 fully saturated rings. The molecular weight excluding hydrogens is 319 g/mol. The SMILES string of the molecule is N#CN=C(NCCCc1ccccc1)Nc1ccc(NCCF)nc1. The van der Waals surface area contributed by atoms with Gasteiger partial charge in [-0.1, -0.05) is 30.3 Å². The number of guanidine groups is 1. The molecule has 25 heavy (non-hydrogen) atoms. The van der Waals surface area contributed by atoms with E-state index in [0.29, 0.717) is 24.0 Å². The van der Waals surface area contributed by atoms with Crippen molar-refractivity contribution in [2.75, 3.05) is 30.4 Å². The number of aliphatic imine (C=N–C) groups is 1. The van der Waals surface area contributed by atoms with Crippen molar-refractivity contribution in [2.45, 2.75) is 12.8 Å². The van der Waals surface area contributed by atoms with Gasteiger partial charge in [-0.25, -0.2) is 9.37 Å². The fraction of sp³-hybridized carbons (Fsp3) is 0.278. The molecule has 0 amide bonds. The number of pyridine rings is 1. The van der Waals surface area contributed by atoms with Crippen LogP contribution >= 0.6 is 0 Å². The number of aryl methyl sites for hydroxylation is 1. The number of aromatic nitrogens is 1. The summed E-state index contributed by atoms with van der Waals surface area (Å²) < 4.78 is 12.1. The van der Waals surface area contributed by atoms with Crippen molar-refractivity contribution in [2.24, 2.45) is 4.99 Å². The monoisotopic (exact) mass is 340 g/mol. The number of benzene rings is 1. The molecule has 0 aliphatic rings. The number of anilines is 2. The van der Waals surface area contributed by atoms with Crippen LogP contribution in [0.15, 0.2) is 53.7 Å². The van der Waals surface area contributed by atoms with Gasteiger partial charge in [-0.05, 0) is 30.5 Å². The predicted octanol–water partition coefficient (Wildman–Crippen LogP) is 2.93. The summed E-state index contributed by atoms with van der Waals surface area (Å²) >= 11 is 0. The minimum Gasteiger partial charge on any atom is -0.367 e. The molecule has 0 aliphatic heterocycles. The highest BCUT2D eigenvalue weighted by Gasteiger charge is 2.01. The van der Waals surface area contributed by atoms with E-state index < -0.39 is 6.67 Å². The number of hydrogen-bond acceptors (Lipinski definition) is 4. The Balaban J connectivity index is 1.80. The first-order valence-electron chi connectivity index (χ1n) is 8.09. The molecule has 7 heteroatoms. The quantitative estimate of drug-likeness (QED) is 0.298. The molecule has 3 N–H and O–H groups in total. The van der Waals surface area contributed by atoms with Gasteiger partial charge in [0.25, 0.3) is 0 Å². The molecule has 0 bridgehead atoms. The molecule has 0 saturated heterocycles. The second-order valence-electron chi connectivity index (χ2n) is 5.25. The minimum atomic E-state index is -0.451. The largest absolute Gasteiger partial charge is 0.367 e. The van der Waals surface area contributed by atoms with Gasteiger partial charge in [0.05, 0.1) is 11.9 Å². The summed E-state index contributed by atoms with van der Waals surface area (Å²) in [5.74, 6) is 0.972. The van der Waals surface area contributed by atoms with Gasteiger partial charge in [-0.3, -0.25) is 0 Å². The van der Waals surface area contributed by atoms with Crippen LogP contribution in [0.25, 0.3) is 0 Å². The molecule has 0 unspecified atom stereocenters. The highest BCUT2D eigenvalue weighted by atomic mass is 19.1. The lowest BCUT2D eigenvalue weighted by Crippen LogP contribution is -2.31. The molecule has 0 saturated carbocycles. The smallest absolute Gasteiger partial charge is 0.211 e. The van der Waals surface area contributed by atoms with Crippen LogP contribution in [0.1, 0.15) is 12.0 Å². The molecule has 0 atom stereocenters. The first-order valence-corrected chi connectivity index (χ1v) is 8.09. The molecule has 1 heterocycles. The van der Waals surface area contributed by atoms with Crippen LogP contribution in [-0.4, -0.2) is 30.7 Å². The lowest BCUT2D eigenvalue weighted by atomic mass is 10.1. The maximum absolute atomic E-state index is 12.1. The Morgan fingerprint density at radius 1 is 1.16 bits per heavy atom. The van der Waals surface area contributed by atoms with Crippen molar-refractivity contribution in [3.05, 3.63) is 54.2 Å². The van der Waals surface area contributed by atoms with E-state index in [0.717, 1.165) is 12.8 Å². The summed E-state index contributed by atoms with van der Waals surface area (Å²) in [5, 5.41) is 17.8. The second kappa shape index (κ2) is 10.6. The zero-order valence-corrected chi connectivity index (χ0v) is 13.9. The molecule has 0 radical (unpaired) electrons. The van der Waals surface area contributed by atoms with E-state index in [4.69, 9.17) is 5.26 Å². The van der Waals surface area contributed by atoms with Crippen LogP contribution in [0.3, 0.4) is 0 Å². The summed E-state index contributed by atoms with van der Waals surface area (Å²) in [6, 6.07) is 13.7. The van der Waals surface area contributed by atoms with Crippen molar-refractivity contribution < 1.29 is 4.39 Å². The predicted molar refractivity (Wildman–Crippen MR) is 98.1 cm³/mol. The maximum Gasteiger partial charge on any atom is 0.211 e. The van der Waals surface area contributed by atoms with Crippen molar-refractivity contribution in [3.8, 4) is 6.19 Å². The summed E-state index contributed by atoms with van der Waals surface area (Å²) in [6.07, 6.45) is 5.24. The van der Waals surface area contributed by atoms with Crippen LogP contribution in [0.2, 0.25) is 0 Å². The van der Waals surface area contributed by atoms with E-state index in [1.54, 1.807) is 24.5 Å². The molecule has 6 nitrogen and oxygen atoms in total. The number of hydrogen-bond donors (Lipinski definition) is 3. The Hall–Kier alpha value is -3.14. The number of nitriles is 1. The molecule has 2 aromatic rings. The van der Waals surface area contributed by atoms with Crippen LogP contribution in [0, 0.1) is 11.5 Å². The Morgan fingerprint density at radius 2 is 2.00 bits per heavy atom. The molecule has 1 aromatic heterocycles. The molecule has 0 spiro atoms. The molecule has 1 aromatic carbocycles. The standard InChI is InChI=1S/C18H21FN6/c19-10-12-21-17-9-8-16(13-23-17)25-18(24-14-20)22-11-4-7-15-5-2-1-3-6-15/h1-3,5-6,8-9,13H,4,7,10-12H2,(H,21,23)(H2,22,24,25). The van der Waals surface area contributed by atoms with E-state index in [9.17, 15) is 4.39 Å². The van der Waals surface area contributed by atoms with Crippen molar-refractivity contribution in [3.63, 3.8) is 0 Å². The zero-order chi connectivity index (χ0) is 17.7. The number of nitrogens with zero attached hydrogens (tertiary/aromatic N) is 3. The Kier molecular flexibility index (Phi) is 7.72. The maximum atomic E-state index is 12.1. The van der Waals surface area contributed by atoms with Gasteiger partial charge < -0.3 is 16.0 Å². The summed E-state index contributed by atoms with van der Waals surface area (Å²) in [4.78, 5) is 7.90. The third kappa shape index (κ3) is 6.87. The molecule has 0 aliphatic carbocycles. The zero-order valence-electron chi connectivity index (χ0n) is 13.9. The average Bonchev–Trinajstić information content (AvgIpc) is 2.65. The van der Waals surface area contributed by atoms with Crippen molar-refractivity contribution in [1.82, 2.24) is 10.3 Å². The van der Waals surface area contributed by atoms with Crippen molar-refractivity contribution >= 4 is 17.5 Å². The fourth-order valence-corrected chi connectivity index (χ4v) is 2.19. The van der Waals surface area contributed by atoms with E-state index in [2.05, 4.69) is 38.1 Å². The van der Waals surface area contributed by atoms with Gasteiger partial charge in [0.15, 0.2) is 0 Å². The average molecular weight is 340 g/mol. The summed E-state index contributed by atoms with van der Waals surface area (Å²) in [6.45, 7) is 0.462. The van der Waals surface area contributed by atoms with E-state index in [-0.39, 0.29) is 6.54 Å². The Labute approximate surface area is 146 Å². The Bertz CT molecular complexity index is 694. The van der Waals surface area contributed by atoms with E-state index >= 15 is 0 Å². The summed E-state index contributed by atoms with van der Waals surface area (Å²) in [5.41, 5.74) is 1.96. The molecule has 2 rings (SSSR count). The first-order chi connectivity index (χ1) is 12.3. The fourth-order valence-electron chi connectivity index (χ4n) is 2.19. The van der Waals surface area contributed by atoms with Gasteiger partial charge in [-0.2, -0.15) is 5.26 Å². The van der Waals surface area contributed by atoms with Gasteiger partial charge in [0.1, 0.15) is 12.5 Å². The van der Waals surface area contributed by atoms with E-state index in [1.807, 2.05) is 18.2 Å². The van der Waals surface area contributed by atoms with Crippen LogP contribution in [0.4, 0.5) is 15.9 Å². The number of rotatable bonds is 8. The Morgan fingerprint density at radius 3 is 2.68 bits per heavy atom. The van der Waals surface area contributed by atoms with E-state index in [1.165, 1.54) is 5.56 Å². The normalized spacial score (nSPS) is 10.8. The summed E-state index contributed by atoms with van der Waals surface area (Å²) in [7, 11) is 0. The van der Waals surface area contributed by atoms with Gasteiger partial charge >= 0.3 is 0 Å². The van der Waals surface area contributed by atoms with Crippen LogP contribution in [0.5, 0.6) is 0 Å². The molecular formula is C18H21FN6. The third-order valence-corrected chi connectivity index (χ3v) is 3.37. The highest BCUT2D eigenvalue weighted by molar-refractivity contribution is 5.94. The lowest BCUT2D eigenvalue weighted by molar-refractivity contribution is 0.512. The van der Waals surface area contributed by atoms with Gasteiger partial charge in [-0.15, -0.1) is 4.99 Å².